The maximum absolute atomic E-state index is 13.4. The third-order valence-corrected chi connectivity index (χ3v) is 7.05. The molecule has 15 nitrogen and oxygen atoms in total. The van der Waals surface area contributed by atoms with E-state index in [9.17, 15) is 38.7 Å². The van der Waals surface area contributed by atoms with Gasteiger partial charge in [-0.1, -0.05) is 34.1 Å². The van der Waals surface area contributed by atoms with Gasteiger partial charge in [0.15, 0.2) is 0 Å². The van der Waals surface area contributed by atoms with Gasteiger partial charge in [-0.3, -0.25) is 28.8 Å². The Bertz CT molecular complexity index is 982. The van der Waals surface area contributed by atoms with Gasteiger partial charge in [-0.15, -0.1) is 0 Å². The highest BCUT2D eigenvalue weighted by atomic mass is 16.4. The summed E-state index contributed by atoms with van der Waals surface area (Å²) in [5.74, 6) is -7.13. The molecule has 0 spiro atoms. The molecule has 1 fully saturated rings. The Balaban J connectivity index is 3.11. The Kier molecular flexibility index (Phi) is 15.5. The average Bonchev–Trinajstić information content (AvgIpc) is 3.45. The van der Waals surface area contributed by atoms with Gasteiger partial charge in [0.1, 0.15) is 24.2 Å². The first-order chi connectivity index (χ1) is 19.7. The zero-order chi connectivity index (χ0) is 32.0. The van der Waals surface area contributed by atoms with E-state index < -0.39 is 85.1 Å². The molecule has 0 radical (unpaired) electrons. The van der Waals surface area contributed by atoms with Crippen LogP contribution in [-0.2, 0) is 33.6 Å². The van der Waals surface area contributed by atoms with E-state index in [2.05, 4.69) is 26.6 Å². The zero-order valence-electron chi connectivity index (χ0n) is 24.6. The van der Waals surface area contributed by atoms with Crippen LogP contribution in [-0.4, -0.2) is 93.6 Å². The molecule has 0 aromatic carbocycles. The fourth-order valence-corrected chi connectivity index (χ4v) is 4.43. The summed E-state index contributed by atoms with van der Waals surface area (Å²) in [4.78, 5) is 86.0. The second kappa shape index (κ2) is 17.9. The highest BCUT2D eigenvalue weighted by Gasteiger charge is 2.34. The van der Waals surface area contributed by atoms with Gasteiger partial charge in [-0.05, 0) is 50.5 Å². The van der Waals surface area contributed by atoms with E-state index in [1.165, 1.54) is 0 Å². The van der Waals surface area contributed by atoms with Crippen LogP contribution in [0.4, 0.5) is 0 Å². The molecule has 0 aromatic heterocycles. The van der Waals surface area contributed by atoms with E-state index in [0.717, 1.165) is 6.42 Å². The molecule has 8 N–H and O–H groups in total. The van der Waals surface area contributed by atoms with E-state index in [1.807, 2.05) is 6.92 Å². The van der Waals surface area contributed by atoms with Gasteiger partial charge in [0.2, 0.25) is 23.6 Å². The van der Waals surface area contributed by atoms with Crippen molar-refractivity contribution in [3.63, 3.8) is 0 Å². The van der Waals surface area contributed by atoms with Gasteiger partial charge in [0.25, 0.3) is 0 Å². The van der Waals surface area contributed by atoms with Crippen molar-refractivity contribution in [3.8, 4) is 0 Å². The minimum absolute atomic E-state index is 0.0981. The zero-order valence-corrected chi connectivity index (χ0v) is 24.6. The summed E-state index contributed by atoms with van der Waals surface area (Å²) in [6.07, 6.45) is 0.270. The molecule has 1 aliphatic rings. The Hall–Kier alpha value is -3.75. The minimum atomic E-state index is -1.58. The standard InChI is InChI=1S/C27H45N5O10/c1-5-15(4)22(32-23(37)16-7-6-12-28-16)26(40)31-19(13-14(2)3)25(39)29-17(8-10-20(33)34)24(38)30-18(27(41)42)9-11-21(35)36/h14-19,22,28H,5-13H2,1-4H3,(H,29,39)(H,30,38)(H,31,40)(H,32,37)(H,33,34)(H,35,36)(H,41,42)/t15-,16-,17-,18-,19-,22-/m0/s1. The summed E-state index contributed by atoms with van der Waals surface area (Å²) in [6, 6.07) is -5.58. The second-order valence-electron chi connectivity index (χ2n) is 11.0. The molecule has 0 aliphatic carbocycles. The van der Waals surface area contributed by atoms with Gasteiger partial charge in [0, 0.05) is 12.8 Å². The summed E-state index contributed by atoms with van der Waals surface area (Å²) in [6.45, 7) is 7.95. The number of hydrogen-bond acceptors (Lipinski definition) is 8. The van der Waals surface area contributed by atoms with Gasteiger partial charge < -0.3 is 41.9 Å². The quantitative estimate of drug-likeness (QED) is 0.0948. The maximum Gasteiger partial charge on any atom is 0.326 e. The van der Waals surface area contributed by atoms with Crippen LogP contribution in [0.3, 0.4) is 0 Å². The molecule has 0 unspecified atom stereocenters. The average molecular weight is 600 g/mol. The summed E-state index contributed by atoms with van der Waals surface area (Å²) >= 11 is 0. The molecule has 0 saturated carbocycles. The molecule has 4 amide bonds. The van der Waals surface area contributed by atoms with Crippen molar-refractivity contribution in [2.75, 3.05) is 6.54 Å². The number of rotatable bonds is 19. The Labute approximate surface area is 244 Å². The number of aliphatic carboxylic acids is 3. The highest BCUT2D eigenvalue weighted by Crippen LogP contribution is 2.13. The maximum atomic E-state index is 13.4. The summed E-state index contributed by atoms with van der Waals surface area (Å²) in [7, 11) is 0. The van der Waals surface area contributed by atoms with E-state index >= 15 is 0 Å². The van der Waals surface area contributed by atoms with Gasteiger partial charge in [0.05, 0.1) is 6.04 Å². The molecule has 1 aliphatic heterocycles. The third kappa shape index (κ3) is 12.8. The Morgan fingerprint density at radius 1 is 0.762 bits per heavy atom. The highest BCUT2D eigenvalue weighted by molar-refractivity contribution is 5.95. The number of hydrogen-bond donors (Lipinski definition) is 8. The first kappa shape index (κ1) is 36.3. The fraction of sp³-hybridized carbons (Fsp3) is 0.741. The lowest BCUT2D eigenvalue weighted by Gasteiger charge is -2.29. The Morgan fingerprint density at radius 2 is 1.29 bits per heavy atom. The first-order valence-electron chi connectivity index (χ1n) is 14.3. The van der Waals surface area contributed by atoms with Crippen LogP contribution in [0.25, 0.3) is 0 Å². The van der Waals surface area contributed by atoms with Crippen LogP contribution in [0.5, 0.6) is 0 Å². The fourth-order valence-electron chi connectivity index (χ4n) is 4.43. The topological polar surface area (TPSA) is 240 Å². The number of carbonyl (C=O) groups excluding carboxylic acids is 4. The minimum Gasteiger partial charge on any atom is -0.481 e. The summed E-state index contributed by atoms with van der Waals surface area (Å²) < 4.78 is 0. The normalized spacial score (nSPS) is 18.2. The molecular weight excluding hydrogens is 554 g/mol. The lowest BCUT2D eigenvalue weighted by Crippen LogP contribution is -2.59. The molecule has 1 saturated heterocycles. The lowest BCUT2D eigenvalue weighted by atomic mass is 9.96. The monoisotopic (exact) mass is 599 g/mol. The largest absolute Gasteiger partial charge is 0.481 e. The summed E-state index contributed by atoms with van der Waals surface area (Å²) in [5.41, 5.74) is 0. The first-order valence-corrected chi connectivity index (χ1v) is 14.3. The van der Waals surface area contributed by atoms with Crippen molar-refractivity contribution in [1.29, 1.82) is 0 Å². The number of carbonyl (C=O) groups is 7. The lowest BCUT2D eigenvalue weighted by molar-refractivity contribution is -0.144. The van der Waals surface area contributed by atoms with Crippen molar-refractivity contribution in [3.05, 3.63) is 0 Å². The predicted octanol–water partition coefficient (Wildman–Crippen LogP) is -0.416. The Morgan fingerprint density at radius 3 is 1.76 bits per heavy atom. The van der Waals surface area contributed by atoms with Crippen molar-refractivity contribution < 1.29 is 48.9 Å². The predicted molar refractivity (Wildman–Crippen MR) is 149 cm³/mol. The number of carboxylic acids is 3. The SMILES string of the molecule is CC[C@H](C)[C@H](NC(=O)[C@@H]1CCCN1)C(=O)N[C@@H](CC(C)C)C(=O)N[C@@H](CCC(=O)O)C(=O)N[C@@H](CCC(=O)O)C(=O)O. The van der Waals surface area contributed by atoms with E-state index in [4.69, 9.17) is 10.2 Å². The smallest absolute Gasteiger partial charge is 0.326 e. The number of carboxylic acid groups (broad SMARTS) is 3. The van der Waals surface area contributed by atoms with Crippen molar-refractivity contribution in [2.45, 2.75) is 109 Å². The molecule has 42 heavy (non-hydrogen) atoms. The van der Waals surface area contributed by atoms with E-state index in [0.29, 0.717) is 19.4 Å². The van der Waals surface area contributed by atoms with Crippen LogP contribution in [0.15, 0.2) is 0 Å². The van der Waals surface area contributed by atoms with Gasteiger partial charge in [-0.25, -0.2) is 4.79 Å². The molecule has 6 atom stereocenters. The van der Waals surface area contributed by atoms with Crippen LogP contribution in [0, 0.1) is 11.8 Å². The second-order valence-corrected chi connectivity index (χ2v) is 11.0. The van der Waals surface area contributed by atoms with E-state index in [1.54, 1.807) is 20.8 Å². The third-order valence-electron chi connectivity index (χ3n) is 7.05. The molecule has 1 rings (SSSR count). The van der Waals surface area contributed by atoms with Crippen LogP contribution in [0.2, 0.25) is 0 Å². The van der Waals surface area contributed by atoms with Crippen LogP contribution >= 0.6 is 0 Å². The van der Waals surface area contributed by atoms with Crippen molar-refractivity contribution in [1.82, 2.24) is 26.6 Å². The van der Waals surface area contributed by atoms with Crippen molar-refractivity contribution >= 4 is 41.5 Å². The van der Waals surface area contributed by atoms with Gasteiger partial charge in [-0.2, -0.15) is 0 Å². The molecule has 238 valence electrons. The van der Waals surface area contributed by atoms with Crippen molar-refractivity contribution in [2.24, 2.45) is 11.8 Å². The molecule has 0 aromatic rings. The molecular formula is C27H45N5O10. The molecule has 1 heterocycles. The summed E-state index contributed by atoms with van der Waals surface area (Å²) in [5, 5.41) is 40.5. The van der Waals surface area contributed by atoms with Gasteiger partial charge >= 0.3 is 17.9 Å². The molecule has 0 bridgehead atoms. The van der Waals surface area contributed by atoms with Crippen LogP contribution < -0.4 is 26.6 Å². The number of nitrogens with one attached hydrogen (secondary N) is 5. The van der Waals surface area contributed by atoms with Crippen LogP contribution in [0.1, 0.15) is 79.1 Å². The molecule has 15 heteroatoms. The van der Waals surface area contributed by atoms with E-state index in [-0.39, 0.29) is 30.6 Å². The number of amides is 4.